The number of halogens is 2. The lowest BCUT2D eigenvalue weighted by Gasteiger charge is -1.98. The number of H-pyrrole nitrogens is 1. The van der Waals surface area contributed by atoms with Gasteiger partial charge in [-0.3, -0.25) is 4.79 Å². The summed E-state index contributed by atoms with van der Waals surface area (Å²) in [6, 6.07) is 14.8. The molecule has 1 heterocycles. The fraction of sp³-hybridized carbons (Fsp3) is 0. The summed E-state index contributed by atoms with van der Waals surface area (Å²) < 4.78 is 0.724. The normalized spacial score (nSPS) is 11.2. The maximum Gasteiger partial charge on any atom is 0.288 e. The van der Waals surface area contributed by atoms with Crippen LogP contribution in [0, 0.1) is 0 Å². The number of nitrogens with zero attached hydrogens (tertiary/aromatic N) is 1. The van der Waals surface area contributed by atoms with Crippen molar-refractivity contribution in [2.45, 2.75) is 0 Å². The highest BCUT2D eigenvalue weighted by atomic mass is 79.9. The van der Waals surface area contributed by atoms with Gasteiger partial charge in [0.2, 0.25) is 0 Å². The molecule has 0 spiro atoms. The van der Waals surface area contributed by atoms with Crippen molar-refractivity contribution >= 4 is 50.6 Å². The first-order valence-corrected chi connectivity index (χ1v) is 7.67. The van der Waals surface area contributed by atoms with Crippen LogP contribution < -0.4 is 5.43 Å². The van der Waals surface area contributed by atoms with Crippen molar-refractivity contribution in [1.82, 2.24) is 10.4 Å². The first-order chi connectivity index (χ1) is 10.6. The third kappa shape index (κ3) is 3.05. The van der Waals surface area contributed by atoms with Gasteiger partial charge in [-0.25, -0.2) is 5.43 Å². The van der Waals surface area contributed by atoms with E-state index in [9.17, 15) is 4.79 Å². The molecule has 0 aliphatic carbocycles. The molecule has 22 heavy (non-hydrogen) atoms. The Bertz CT molecular complexity index is 855. The van der Waals surface area contributed by atoms with Crippen molar-refractivity contribution in [3.05, 3.63) is 69.3 Å². The van der Waals surface area contributed by atoms with E-state index in [1.54, 1.807) is 18.3 Å². The summed E-state index contributed by atoms with van der Waals surface area (Å²) in [4.78, 5) is 15.2. The van der Waals surface area contributed by atoms with Crippen LogP contribution in [-0.2, 0) is 0 Å². The van der Waals surface area contributed by atoms with Crippen LogP contribution in [0.4, 0.5) is 0 Å². The van der Waals surface area contributed by atoms with Crippen molar-refractivity contribution in [2.24, 2.45) is 5.10 Å². The molecule has 110 valence electrons. The second kappa shape index (κ2) is 6.34. The molecule has 0 saturated heterocycles. The van der Waals surface area contributed by atoms with Crippen LogP contribution in [0.2, 0.25) is 5.02 Å². The first-order valence-electron chi connectivity index (χ1n) is 6.50. The number of hydrogen-bond donors (Lipinski definition) is 2. The first kappa shape index (κ1) is 14.8. The molecular weight excluding hydrogens is 366 g/mol. The van der Waals surface area contributed by atoms with Gasteiger partial charge in [-0.1, -0.05) is 41.9 Å². The molecule has 4 nitrogen and oxygen atoms in total. The number of hydrogen-bond acceptors (Lipinski definition) is 2. The zero-order valence-corrected chi connectivity index (χ0v) is 13.6. The molecule has 1 amide bonds. The second-order valence-corrected chi connectivity index (χ2v) is 5.84. The number of amides is 1. The molecule has 0 unspecified atom stereocenters. The monoisotopic (exact) mass is 375 g/mol. The zero-order chi connectivity index (χ0) is 15.5. The lowest BCUT2D eigenvalue weighted by atomic mass is 10.2. The van der Waals surface area contributed by atoms with Gasteiger partial charge in [-0.15, -0.1) is 0 Å². The summed E-state index contributed by atoms with van der Waals surface area (Å²) in [5.74, 6) is -0.312. The van der Waals surface area contributed by atoms with E-state index in [1.807, 2.05) is 36.4 Å². The van der Waals surface area contributed by atoms with Gasteiger partial charge in [0.15, 0.2) is 0 Å². The van der Waals surface area contributed by atoms with Crippen molar-refractivity contribution < 1.29 is 4.79 Å². The molecule has 2 aromatic carbocycles. The minimum absolute atomic E-state index is 0.312. The number of carbonyl (C=O) groups is 1. The van der Waals surface area contributed by atoms with Gasteiger partial charge in [-0.05, 0) is 39.7 Å². The molecule has 0 fully saturated rings. The average molecular weight is 377 g/mol. The van der Waals surface area contributed by atoms with E-state index >= 15 is 0 Å². The van der Waals surface area contributed by atoms with Crippen LogP contribution in [-0.4, -0.2) is 17.1 Å². The predicted molar refractivity (Wildman–Crippen MR) is 92.5 cm³/mol. The molecule has 1 aromatic heterocycles. The number of benzene rings is 2. The molecule has 0 radical (unpaired) electrons. The van der Waals surface area contributed by atoms with Crippen LogP contribution in [0.5, 0.6) is 0 Å². The molecule has 6 heteroatoms. The van der Waals surface area contributed by atoms with Crippen molar-refractivity contribution in [1.29, 1.82) is 0 Å². The number of aromatic amines is 1. The average Bonchev–Trinajstić information content (AvgIpc) is 2.87. The highest BCUT2D eigenvalue weighted by Gasteiger charge is 2.14. The third-order valence-corrected chi connectivity index (χ3v) is 4.20. The van der Waals surface area contributed by atoms with E-state index in [4.69, 9.17) is 11.6 Å². The van der Waals surface area contributed by atoms with Gasteiger partial charge in [0.25, 0.3) is 5.91 Å². The van der Waals surface area contributed by atoms with E-state index in [-0.39, 0.29) is 5.91 Å². The maximum absolute atomic E-state index is 12.2. The summed E-state index contributed by atoms with van der Waals surface area (Å²) >= 11 is 9.25. The standard InChI is InChI=1S/C16H11BrClN3O/c17-14-12-3-1-2-4-13(12)20-15(14)16(22)21-19-9-10-5-7-11(18)8-6-10/h1-9,20H,(H,21,22). The number of rotatable bonds is 3. The van der Waals surface area contributed by atoms with Crippen LogP contribution >= 0.6 is 27.5 Å². The molecule has 3 aromatic rings. The SMILES string of the molecule is O=C(NN=Cc1ccc(Cl)cc1)c1[nH]c2ccccc2c1Br. The summed E-state index contributed by atoms with van der Waals surface area (Å²) in [7, 11) is 0. The summed E-state index contributed by atoms with van der Waals surface area (Å²) in [6.45, 7) is 0. The van der Waals surface area contributed by atoms with Crippen LogP contribution in [0.25, 0.3) is 10.9 Å². The predicted octanol–water partition coefficient (Wildman–Crippen LogP) is 4.35. The molecule has 0 aliphatic rings. The molecule has 2 N–H and O–H groups in total. The van der Waals surface area contributed by atoms with Crippen molar-refractivity contribution in [3.63, 3.8) is 0 Å². The lowest BCUT2D eigenvalue weighted by molar-refractivity contribution is 0.0950. The minimum Gasteiger partial charge on any atom is -0.350 e. The number of carbonyl (C=O) groups excluding carboxylic acids is 1. The van der Waals surface area contributed by atoms with E-state index in [0.717, 1.165) is 20.9 Å². The van der Waals surface area contributed by atoms with E-state index in [2.05, 4.69) is 31.4 Å². The Morgan fingerprint density at radius 1 is 1.18 bits per heavy atom. The number of fused-ring (bicyclic) bond motifs is 1. The van der Waals surface area contributed by atoms with E-state index < -0.39 is 0 Å². The van der Waals surface area contributed by atoms with Crippen LogP contribution in [0.15, 0.2) is 58.1 Å². The Hall–Kier alpha value is -2.11. The van der Waals surface area contributed by atoms with Crippen LogP contribution in [0.3, 0.4) is 0 Å². The highest BCUT2D eigenvalue weighted by Crippen LogP contribution is 2.27. The van der Waals surface area contributed by atoms with E-state index in [1.165, 1.54) is 0 Å². The Kier molecular flexibility index (Phi) is 4.27. The number of para-hydroxylation sites is 1. The number of aromatic nitrogens is 1. The topological polar surface area (TPSA) is 57.2 Å². The number of hydrazone groups is 1. The maximum atomic E-state index is 12.2. The summed E-state index contributed by atoms with van der Waals surface area (Å²) in [5.41, 5.74) is 4.68. The molecule has 0 bridgehead atoms. The van der Waals surface area contributed by atoms with Crippen molar-refractivity contribution in [3.8, 4) is 0 Å². The second-order valence-electron chi connectivity index (χ2n) is 4.61. The van der Waals surface area contributed by atoms with Crippen LogP contribution in [0.1, 0.15) is 16.1 Å². The summed E-state index contributed by atoms with van der Waals surface area (Å²) in [6.07, 6.45) is 1.56. The zero-order valence-electron chi connectivity index (χ0n) is 11.3. The van der Waals surface area contributed by atoms with Gasteiger partial charge < -0.3 is 4.98 Å². The van der Waals surface area contributed by atoms with Gasteiger partial charge in [0.1, 0.15) is 5.69 Å². The Balaban J connectivity index is 1.76. The minimum atomic E-state index is -0.312. The highest BCUT2D eigenvalue weighted by molar-refractivity contribution is 9.10. The summed E-state index contributed by atoms with van der Waals surface area (Å²) in [5, 5.41) is 5.56. The molecular formula is C16H11BrClN3O. The fourth-order valence-corrected chi connectivity index (χ4v) is 2.79. The lowest BCUT2D eigenvalue weighted by Crippen LogP contribution is -2.18. The van der Waals surface area contributed by atoms with Crippen molar-refractivity contribution in [2.75, 3.05) is 0 Å². The largest absolute Gasteiger partial charge is 0.350 e. The number of nitrogens with one attached hydrogen (secondary N) is 2. The van der Waals surface area contributed by atoms with Gasteiger partial charge in [0.05, 0.1) is 10.7 Å². The van der Waals surface area contributed by atoms with Gasteiger partial charge in [0, 0.05) is 15.9 Å². The van der Waals surface area contributed by atoms with Gasteiger partial charge >= 0.3 is 0 Å². The quantitative estimate of drug-likeness (QED) is 0.518. The molecule has 0 aliphatic heterocycles. The Labute approximate surface area is 140 Å². The Morgan fingerprint density at radius 2 is 1.91 bits per heavy atom. The van der Waals surface area contributed by atoms with Gasteiger partial charge in [-0.2, -0.15) is 5.10 Å². The molecule has 3 rings (SSSR count). The molecule has 0 saturated carbocycles. The third-order valence-electron chi connectivity index (χ3n) is 3.12. The molecule has 0 atom stereocenters. The smallest absolute Gasteiger partial charge is 0.288 e. The fourth-order valence-electron chi connectivity index (χ4n) is 2.03. The Morgan fingerprint density at radius 3 is 2.64 bits per heavy atom. The van der Waals surface area contributed by atoms with E-state index in [0.29, 0.717) is 10.7 Å².